The van der Waals surface area contributed by atoms with Gasteiger partial charge in [0, 0.05) is 11.2 Å². The zero-order chi connectivity index (χ0) is 14.3. The average molecular weight is 289 g/mol. The van der Waals surface area contributed by atoms with Crippen LogP contribution in [0.3, 0.4) is 0 Å². The molecular weight excluding hydrogens is 270 g/mol. The lowest BCUT2D eigenvalue weighted by atomic mass is 10.1. The van der Waals surface area contributed by atoms with Gasteiger partial charge in [0.1, 0.15) is 0 Å². The average Bonchev–Trinajstić information content (AvgIpc) is 2.79. The fourth-order valence-corrected chi connectivity index (χ4v) is 3.86. The molecule has 2 heterocycles. The quantitative estimate of drug-likeness (QED) is 0.804. The summed E-state index contributed by atoms with van der Waals surface area (Å²) in [4.78, 5) is 15.6. The topological polar surface area (TPSA) is 29.5 Å². The minimum Gasteiger partial charge on any atom is -0.375 e. The second kappa shape index (κ2) is 5.19. The lowest BCUT2D eigenvalue weighted by molar-refractivity contribution is -0.0385. The van der Waals surface area contributed by atoms with Crippen LogP contribution in [-0.2, 0) is 4.74 Å². The second-order valence-electron chi connectivity index (χ2n) is 5.50. The molecule has 4 heteroatoms. The first-order valence-corrected chi connectivity index (χ1v) is 7.80. The molecule has 1 aliphatic rings. The number of carbonyl (C=O) groups excluding carboxylic acids is 1. The van der Waals surface area contributed by atoms with Gasteiger partial charge in [0.25, 0.3) is 5.91 Å². The summed E-state index contributed by atoms with van der Waals surface area (Å²) >= 11 is 1.60. The summed E-state index contributed by atoms with van der Waals surface area (Å²) in [5, 5.41) is 1.19. The maximum atomic E-state index is 12.8. The molecule has 0 bridgehead atoms. The summed E-state index contributed by atoms with van der Waals surface area (Å²) < 4.78 is 6.79. The molecule has 0 saturated carbocycles. The van der Waals surface area contributed by atoms with Crippen LogP contribution in [0.25, 0.3) is 10.1 Å². The maximum absolute atomic E-state index is 12.8. The van der Waals surface area contributed by atoms with E-state index in [1.54, 1.807) is 11.3 Å². The molecule has 2 aromatic rings. The molecule has 0 radical (unpaired) electrons. The van der Waals surface area contributed by atoms with E-state index < -0.39 is 0 Å². The Morgan fingerprint density at radius 2 is 2.10 bits per heavy atom. The molecule has 1 aliphatic heterocycles. The molecule has 0 N–H and O–H groups in total. The second-order valence-corrected chi connectivity index (χ2v) is 6.56. The molecule has 1 fully saturated rings. The van der Waals surface area contributed by atoms with E-state index in [1.807, 2.05) is 37.8 Å². The van der Waals surface area contributed by atoms with E-state index in [1.165, 1.54) is 10.1 Å². The normalized spacial score (nSPS) is 23.2. The van der Waals surface area contributed by atoms with Crippen molar-refractivity contribution in [3.8, 4) is 0 Å². The van der Waals surface area contributed by atoms with Crippen LogP contribution >= 0.6 is 11.3 Å². The molecule has 1 aromatic carbocycles. The van der Waals surface area contributed by atoms with Gasteiger partial charge in [0.15, 0.2) is 0 Å². The predicted octanol–water partition coefficient (Wildman–Crippen LogP) is 3.46. The van der Waals surface area contributed by atoms with E-state index in [4.69, 9.17) is 4.74 Å². The van der Waals surface area contributed by atoms with E-state index in [2.05, 4.69) is 12.1 Å². The van der Waals surface area contributed by atoms with Crippen LogP contribution in [0.2, 0.25) is 0 Å². The van der Waals surface area contributed by atoms with Crippen molar-refractivity contribution in [2.45, 2.75) is 32.9 Å². The van der Waals surface area contributed by atoms with Crippen LogP contribution in [0.1, 0.15) is 29.1 Å². The van der Waals surface area contributed by atoms with Crippen LogP contribution in [0.5, 0.6) is 0 Å². The van der Waals surface area contributed by atoms with Gasteiger partial charge >= 0.3 is 0 Å². The highest BCUT2D eigenvalue weighted by Crippen LogP contribution is 2.32. The van der Waals surface area contributed by atoms with Crippen LogP contribution < -0.4 is 0 Å². The Hall–Kier alpha value is -1.39. The summed E-state index contributed by atoms with van der Waals surface area (Å²) in [5.74, 6) is 0.145. The van der Waals surface area contributed by atoms with Gasteiger partial charge < -0.3 is 9.64 Å². The number of nitrogens with zero attached hydrogens (tertiary/aromatic N) is 1. The van der Waals surface area contributed by atoms with Crippen LogP contribution in [0.15, 0.2) is 24.3 Å². The van der Waals surface area contributed by atoms with Crippen molar-refractivity contribution in [1.82, 2.24) is 4.90 Å². The third kappa shape index (κ3) is 2.23. The van der Waals surface area contributed by atoms with E-state index >= 15 is 0 Å². The first-order chi connectivity index (χ1) is 9.58. The lowest BCUT2D eigenvalue weighted by Crippen LogP contribution is -2.50. The molecule has 1 aromatic heterocycles. The van der Waals surface area contributed by atoms with Crippen molar-refractivity contribution in [3.05, 3.63) is 34.7 Å². The number of morpholine rings is 1. The fraction of sp³-hybridized carbons (Fsp3) is 0.438. The van der Waals surface area contributed by atoms with Crippen LogP contribution in [0, 0.1) is 6.92 Å². The molecule has 1 saturated heterocycles. The fourth-order valence-electron chi connectivity index (χ4n) is 2.69. The summed E-state index contributed by atoms with van der Waals surface area (Å²) in [5.41, 5.74) is 1.10. The zero-order valence-corrected chi connectivity index (χ0v) is 12.9. The Kier molecular flexibility index (Phi) is 3.52. The number of aryl methyl sites for hydroxylation is 1. The Morgan fingerprint density at radius 1 is 1.35 bits per heavy atom. The van der Waals surface area contributed by atoms with Gasteiger partial charge in [-0.25, -0.2) is 0 Å². The van der Waals surface area contributed by atoms with E-state index in [0.29, 0.717) is 13.2 Å². The molecule has 2 unspecified atom stereocenters. The number of benzene rings is 1. The van der Waals surface area contributed by atoms with Crippen LogP contribution in [-0.4, -0.2) is 36.1 Å². The molecule has 0 aliphatic carbocycles. The largest absolute Gasteiger partial charge is 0.375 e. The third-order valence-electron chi connectivity index (χ3n) is 3.91. The predicted molar refractivity (Wildman–Crippen MR) is 82.5 cm³/mol. The minimum atomic E-state index is 0.116. The standard InChI is InChI=1S/C16H19NO2S/c1-10-9-19-11(2)8-17(10)16(18)15-12(3)13-6-4-5-7-14(13)20-15/h4-7,10-11H,8-9H2,1-3H3. The van der Waals surface area contributed by atoms with Gasteiger partial charge in [-0.3, -0.25) is 4.79 Å². The number of fused-ring (bicyclic) bond motifs is 1. The number of hydrogen-bond acceptors (Lipinski definition) is 3. The lowest BCUT2D eigenvalue weighted by Gasteiger charge is -2.36. The molecule has 2 atom stereocenters. The molecule has 106 valence electrons. The van der Waals surface area contributed by atoms with E-state index in [0.717, 1.165) is 10.4 Å². The summed E-state index contributed by atoms with van der Waals surface area (Å²) in [6, 6.07) is 8.35. The van der Waals surface area contributed by atoms with Gasteiger partial charge in [-0.1, -0.05) is 18.2 Å². The van der Waals surface area contributed by atoms with Gasteiger partial charge in [0.2, 0.25) is 0 Å². The Labute approximate surface area is 123 Å². The minimum absolute atomic E-state index is 0.116. The van der Waals surface area contributed by atoms with Gasteiger partial charge in [0.05, 0.1) is 23.6 Å². The molecule has 3 nitrogen and oxygen atoms in total. The van der Waals surface area contributed by atoms with Gasteiger partial charge in [-0.05, 0) is 37.8 Å². The monoisotopic (exact) mass is 289 g/mol. The number of amides is 1. The van der Waals surface area contributed by atoms with Crippen molar-refractivity contribution in [3.63, 3.8) is 0 Å². The number of carbonyl (C=O) groups is 1. The molecule has 3 rings (SSSR count). The van der Waals surface area contributed by atoms with Crippen molar-refractivity contribution in [2.24, 2.45) is 0 Å². The van der Waals surface area contributed by atoms with Crippen molar-refractivity contribution in [2.75, 3.05) is 13.2 Å². The van der Waals surface area contributed by atoms with E-state index in [-0.39, 0.29) is 18.1 Å². The SMILES string of the molecule is Cc1c(C(=O)N2CC(C)OCC2C)sc2ccccc12. The van der Waals surface area contributed by atoms with Crippen molar-refractivity contribution < 1.29 is 9.53 Å². The molecule has 1 amide bonds. The maximum Gasteiger partial charge on any atom is 0.264 e. The number of ether oxygens (including phenoxy) is 1. The summed E-state index contributed by atoms with van der Waals surface area (Å²) in [6.45, 7) is 7.40. The van der Waals surface area contributed by atoms with Gasteiger partial charge in [-0.2, -0.15) is 0 Å². The number of thiophene rings is 1. The third-order valence-corrected chi connectivity index (χ3v) is 5.17. The Morgan fingerprint density at radius 3 is 2.85 bits per heavy atom. The summed E-state index contributed by atoms with van der Waals surface area (Å²) in [6.07, 6.45) is 0.116. The first-order valence-electron chi connectivity index (χ1n) is 6.98. The Balaban J connectivity index is 1.97. The highest BCUT2D eigenvalue weighted by molar-refractivity contribution is 7.21. The zero-order valence-electron chi connectivity index (χ0n) is 12.1. The highest BCUT2D eigenvalue weighted by Gasteiger charge is 2.30. The molecule has 20 heavy (non-hydrogen) atoms. The smallest absolute Gasteiger partial charge is 0.264 e. The van der Waals surface area contributed by atoms with Gasteiger partial charge in [-0.15, -0.1) is 11.3 Å². The number of hydrogen-bond donors (Lipinski definition) is 0. The van der Waals surface area contributed by atoms with Crippen molar-refractivity contribution in [1.29, 1.82) is 0 Å². The van der Waals surface area contributed by atoms with Crippen molar-refractivity contribution >= 4 is 27.3 Å². The first kappa shape index (κ1) is 13.6. The summed E-state index contributed by atoms with van der Waals surface area (Å²) in [7, 11) is 0. The molecule has 0 spiro atoms. The van der Waals surface area contributed by atoms with Crippen LogP contribution in [0.4, 0.5) is 0 Å². The highest BCUT2D eigenvalue weighted by atomic mass is 32.1. The van der Waals surface area contributed by atoms with E-state index in [9.17, 15) is 4.79 Å². The number of rotatable bonds is 1. The Bertz CT molecular complexity index is 649. The molecular formula is C16H19NO2S.